The molecule has 0 saturated carbocycles. The van der Waals surface area contributed by atoms with Gasteiger partial charge in [0.25, 0.3) is 0 Å². The van der Waals surface area contributed by atoms with Crippen molar-refractivity contribution < 1.29 is 27.8 Å². The number of aromatic nitrogens is 1. The molecule has 0 spiro atoms. The van der Waals surface area contributed by atoms with Gasteiger partial charge in [0, 0.05) is 17.3 Å². The van der Waals surface area contributed by atoms with Crippen LogP contribution in [0.15, 0.2) is 36.5 Å². The molecule has 7 nitrogen and oxygen atoms in total. The number of carbonyl (C=O) groups is 2. The molecule has 9 heteroatoms. The van der Waals surface area contributed by atoms with Crippen LogP contribution in [0.1, 0.15) is 13.8 Å². The van der Waals surface area contributed by atoms with Gasteiger partial charge in [-0.2, -0.15) is 0 Å². The number of hydrogen-bond donors (Lipinski definition) is 0. The summed E-state index contributed by atoms with van der Waals surface area (Å²) in [5.74, 6) is -0.130. The normalized spacial score (nSPS) is 18.3. The Kier molecular flexibility index (Phi) is 6.26. The standard InChI is InChI=1S/C18H15F2N3O4.C2H6/c19-8-13-10-23(18(25)27-13)12-2-3-14(15(20)7-12)11-1-4-16(21-9-11)22-5-6-26-17(22)24;1-2/h1-4,7,9,13H,5-6,8,10H2;1-2H3. The number of cyclic esters (lactones) is 2. The van der Waals surface area contributed by atoms with Gasteiger partial charge in [0.05, 0.1) is 18.8 Å². The van der Waals surface area contributed by atoms with E-state index in [1.165, 1.54) is 28.1 Å². The largest absolute Gasteiger partial charge is 0.447 e. The summed E-state index contributed by atoms with van der Waals surface area (Å²) in [6.45, 7) is 3.97. The predicted octanol–water partition coefficient (Wildman–Crippen LogP) is 4.17. The Labute approximate surface area is 166 Å². The molecule has 0 bridgehead atoms. The average molecular weight is 405 g/mol. The minimum absolute atomic E-state index is 0.0380. The third-order valence-electron chi connectivity index (χ3n) is 4.41. The third kappa shape index (κ3) is 4.13. The van der Waals surface area contributed by atoms with Gasteiger partial charge in [-0.25, -0.2) is 23.4 Å². The first-order chi connectivity index (χ1) is 14.1. The van der Waals surface area contributed by atoms with Crippen LogP contribution in [-0.4, -0.2) is 49.6 Å². The van der Waals surface area contributed by atoms with Gasteiger partial charge in [0.1, 0.15) is 31.0 Å². The highest BCUT2D eigenvalue weighted by Crippen LogP contribution is 2.29. The molecule has 0 N–H and O–H groups in total. The Morgan fingerprint density at radius 3 is 2.48 bits per heavy atom. The zero-order valence-electron chi connectivity index (χ0n) is 16.1. The molecule has 2 aliphatic heterocycles. The molecule has 1 aromatic carbocycles. The van der Waals surface area contributed by atoms with Crippen molar-refractivity contribution in [1.82, 2.24) is 4.98 Å². The summed E-state index contributed by atoms with van der Waals surface area (Å²) in [5, 5.41) is 0. The lowest BCUT2D eigenvalue weighted by Gasteiger charge is -2.15. The highest BCUT2D eigenvalue weighted by Gasteiger charge is 2.32. The van der Waals surface area contributed by atoms with Crippen molar-refractivity contribution in [3.63, 3.8) is 0 Å². The average Bonchev–Trinajstić information content (AvgIpc) is 3.35. The van der Waals surface area contributed by atoms with Crippen LogP contribution in [0.3, 0.4) is 0 Å². The van der Waals surface area contributed by atoms with Crippen LogP contribution in [0.2, 0.25) is 0 Å². The van der Waals surface area contributed by atoms with Crippen molar-refractivity contribution in [2.75, 3.05) is 36.2 Å². The second-order valence-corrected chi connectivity index (χ2v) is 6.11. The van der Waals surface area contributed by atoms with Crippen molar-refractivity contribution in [3.8, 4) is 11.1 Å². The molecule has 154 valence electrons. The lowest BCUT2D eigenvalue weighted by Crippen LogP contribution is -2.25. The number of benzene rings is 1. The van der Waals surface area contributed by atoms with Gasteiger partial charge in [0.2, 0.25) is 0 Å². The quantitative estimate of drug-likeness (QED) is 0.764. The van der Waals surface area contributed by atoms with Crippen LogP contribution in [0.4, 0.5) is 29.9 Å². The first-order valence-corrected chi connectivity index (χ1v) is 9.31. The zero-order valence-corrected chi connectivity index (χ0v) is 16.1. The first-order valence-electron chi connectivity index (χ1n) is 9.31. The second kappa shape index (κ2) is 8.85. The third-order valence-corrected chi connectivity index (χ3v) is 4.41. The smallest absolute Gasteiger partial charge is 0.415 e. The van der Waals surface area contributed by atoms with Gasteiger partial charge < -0.3 is 9.47 Å². The molecule has 1 atom stereocenters. The maximum atomic E-state index is 14.6. The SMILES string of the molecule is CC.O=C1OC(CF)CN1c1ccc(-c2ccc(N3CCOC3=O)nc2)c(F)c1. The predicted molar refractivity (Wildman–Crippen MR) is 103 cm³/mol. The second-order valence-electron chi connectivity index (χ2n) is 6.11. The summed E-state index contributed by atoms with van der Waals surface area (Å²) in [6.07, 6.45) is -0.542. The van der Waals surface area contributed by atoms with Crippen LogP contribution in [0.25, 0.3) is 11.1 Å². The number of carbonyl (C=O) groups excluding carboxylic acids is 2. The molecule has 2 amide bonds. The number of nitrogens with zero attached hydrogens (tertiary/aromatic N) is 3. The van der Waals surface area contributed by atoms with E-state index in [1.807, 2.05) is 13.8 Å². The van der Waals surface area contributed by atoms with Crippen molar-refractivity contribution in [2.24, 2.45) is 0 Å². The van der Waals surface area contributed by atoms with Gasteiger partial charge in [0.15, 0.2) is 0 Å². The molecule has 29 heavy (non-hydrogen) atoms. The molecule has 2 aromatic rings. The fourth-order valence-electron chi connectivity index (χ4n) is 3.03. The number of amides is 2. The number of rotatable bonds is 4. The lowest BCUT2D eigenvalue weighted by molar-refractivity contribution is 0.124. The van der Waals surface area contributed by atoms with Crippen molar-refractivity contribution in [2.45, 2.75) is 20.0 Å². The highest BCUT2D eigenvalue weighted by molar-refractivity contribution is 5.90. The molecular weight excluding hydrogens is 384 g/mol. The number of alkyl halides is 1. The van der Waals surface area contributed by atoms with Crippen LogP contribution in [-0.2, 0) is 9.47 Å². The minimum atomic E-state index is -0.839. The van der Waals surface area contributed by atoms with Crippen LogP contribution in [0, 0.1) is 5.82 Å². The summed E-state index contributed by atoms with van der Waals surface area (Å²) < 4.78 is 37.0. The summed E-state index contributed by atoms with van der Waals surface area (Å²) in [4.78, 5) is 30.1. The maximum absolute atomic E-state index is 14.6. The Morgan fingerprint density at radius 2 is 1.93 bits per heavy atom. The Hall–Kier alpha value is -3.23. The van der Waals surface area contributed by atoms with Crippen LogP contribution < -0.4 is 9.80 Å². The highest BCUT2D eigenvalue weighted by atomic mass is 19.1. The van der Waals surface area contributed by atoms with Crippen LogP contribution in [0.5, 0.6) is 0 Å². The molecule has 2 saturated heterocycles. The number of pyridine rings is 1. The van der Waals surface area contributed by atoms with Gasteiger partial charge in [-0.3, -0.25) is 9.80 Å². The zero-order chi connectivity index (χ0) is 21.0. The van der Waals surface area contributed by atoms with E-state index >= 15 is 0 Å². The first kappa shape index (κ1) is 20.5. The molecule has 4 rings (SSSR count). The molecule has 2 aliphatic rings. The number of ether oxygens (including phenoxy) is 2. The molecule has 0 aliphatic carbocycles. The van der Waals surface area contributed by atoms with Gasteiger partial charge >= 0.3 is 12.2 Å². The molecular formula is C20H21F2N3O4. The topological polar surface area (TPSA) is 72.0 Å². The molecule has 0 radical (unpaired) electrons. The van der Waals surface area contributed by atoms with Crippen LogP contribution >= 0.6 is 0 Å². The Morgan fingerprint density at radius 1 is 1.14 bits per heavy atom. The molecule has 1 unspecified atom stereocenters. The number of anilines is 2. The molecule has 1 aromatic heterocycles. The van der Waals surface area contributed by atoms with E-state index in [-0.39, 0.29) is 12.1 Å². The minimum Gasteiger partial charge on any atom is -0.447 e. The lowest BCUT2D eigenvalue weighted by atomic mass is 10.1. The summed E-state index contributed by atoms with van der Waals surface area (Å²) in [7, 11) is 0. The molecule has 3 heterocycles. The van der Waals surface area contributed by atoms with Gasteiger partial charge in [-0.05, 0) is 30.3 Å². The van der Waals surface area contributed by atoms with E-state index in [0.717, 1.165) is 0 Å². The summed E-state index contributed by atoms with van der Waals surface area (Å²) >= 11 is 0. The van der Waals surface area contributed by atoms with Gasteiger partial charge in [-0.15, -0.1) is 0 Å². The van der Waals surface area contributed by atoms with E-state index in [4.69, 9.17) is 9.47 Å². The van der Waals surface area contributed by atoms with Crippen molar-refractivity contribution in [1.29, 1.82) is 0 Å². The number of hydrogen-bond acceptors (Lipinski definition) is 5. The Bertz CT molecular complexity index is 892. The number of halogens is 2. The van der Waals surface area contributed by atoms with E-state index in [0.29, 0.717) is 30.2 Å². The van der Waals surface area contributed by atoms with E-state index in [9.17, 15) is 18.4 Å². The monoisotopic (exact) mass is 405 g/mol. The summed E-state index contributed by atoms with van der Waals surface area (Å²) in [6, 6.07) is 7.53. The van der Waals surface area contributed by atoms with E-state index in [2.05, 4.69) is 4.98 Å². The van der Waals surface area contributed by atoms with E-state index in [1.54, 1.807) is 18.2 Å². The summed E-state index contributed by atoms with van der Waals surface area (Å²) in [5.41, 5.74) is 1.10. The Balaban J connectivity index is 0.00000117. The fraction of sp³-hybridized carbons (Fsp3) is 0.350. The molecule has 2 fully saturated rings. The maximum Gasteiger partial charge on any atom is 0.415 e. The van der Waals surface area contributed by atoms with Gasteiger partial charge in [-0.1, -0.05) is 13.8 Å². The van der Waals surface area contributed by atoms with Crippen molar-refractivity contribution in [3.05, 3.63) is 42.3 Å². The fourth-order valence-corrected chi connectivity index (χ4v) is 3.03. The van der Waals surface area contributed by atoms with Crippen molar-refractivity contribution >= 4 is 23.7 Å². The van der Waals surface area contributed by atoms with E-state index < -0.39 is 30.8 Å².